The number of hydrogen-bond acceptors (Lipinski definition) is 3. The lowest BCUT2D eigenvalue weighted by molar-refractivity contribution is 0.0697. The van der Waals surface area contributed by atoms with Crippen LogP contribution in [0.1, 0.15) is 27.4 Å². The molecule has 0 radical (unpaired) electrons. The van der Waals surface area contributed by atoms with Crippen LogP contribution < -0.4 is 5.32 Å². The first kappa shape index (κ1) is 19.3. The van der Waals surface area contributed by atoms with Gasteiger partial charge < -0.3 is 9.84 Å². The zero-order chi connectivity index (χ0) is 20.5. The molecule has 7 heteroatoms. The number of fused-ring (bicyclic) bond motifs is 3. The number of amides is 1. The average Bonchev–Trinajstić information content (AvgIpc) is 3.03. The first-order chi connectivity index (χ1) is 14.0. The number of carbonyl (C=O) groups is 2. The van der Waals surface area contributed by atoms with Gasteiger partial charge in [-0.3, -0.25) is 5.32 Å². The summed E-state index contributed by atoms with van der Waals surface area (Å²) in [4.78, 5) is 23.4. The third kappa shape index (κ3) is 3.67. The molecular weight excluding hydrogens is 413 g/mol. The molecule has 1 aliphatic rings. The number of carboxylic acid groups (broad SMARTS) is 1. The number of carbonyl (C=O) groups excluding carboxylic acids is 1. The number of halogens is 2. The number of nitrogens with one attached hydrogen (secondary N) is 1. The molecule has 1 aliphatic carbocycles. The molecule has 4 rings (SSSR count). The van der Waals surface area contributed by atoms with Crippen molar-refractivity contribution in [2.75, 3.05) is 11.9 Å². The maximum atomic E-state index is 12.3. The summed E-state index contributed by atoms with van der Waals surface area (Å²) in [7, 11) is 0. The zero-order valence-corrected chi connectivity index (χ0v) is 16.5. The van der Waals surface area contributed by atoms with Gasteiger partial charge in [0.15, 0.2) is 0 Å². The number of rotatable bonds is 4. The summed E-state index contributed by atoms with van der Waals surface area (Å²) in [5.74, 6) is -1.24. The minimum Gasteiger partial charge on any atom is -0.478 e. The maximum absolute atomic E-state index is 12.3. The largest absolute Gasteiger partial charge is 0.478 e. The fourth-order valence-electron chi connectivity index (χ4n) is 3.55. The van der Waals surface area contributed by atoms with Crippen LogP contribution in [0.5, 0.6) is 0 Å². The third-order valence-corrected chi connectivity index (χ3v) is 5.46. The van der Waals surface area contributed by atoms with E-state index in [-0.39, 0.29) is 33.8 Å². The Bertz CT molecular complexity index is 1060. The normalized spacial score (nSPS) is 12.2. The summed E-state index contributed by atoms with van der Waals surface area (Å²) in [5.41, 5.74) is 4.50. The molecule has 1 amide bonds. The Morgan fingerprint density at radius 2 is 1.45 bits per heavy atom. The Kier molecular flexibility index (Phi) is 5.18. The van der Waals surface area contributed by atoms with Crippen molar-refractivity contribution in [2.24, 2.45) is 0 Å². The smallest absolute Gasteiger partial charge is 0.411 e. The summed E-state index contributed by atoms with van der Waals surface area (Å²) >= 11 is 12.1. The topological polar surface area (TPSA) is 75.6 Å². The summed E-state index contributed by atoms with van der Waals surface area (Å²) in [6.07, 6.45) is -0.723. The van der Waals surface area contributed by atoms with Crippen molar-refractivity contribution in [2.45, 2.75) is 5.92 Å². The molecule has 0 fully saturated rings. The highest BCUT2D eigenvalue weighted by Gasteiger charge is 2.29. The van der Waals surface area contributed by atoms with Crippen LogP contribution in [0.2, 0.25) is 10.0 Å². The van der Waals surface area contributed by atoms with Gasteiger partial charge in [-0.25, -0.2) is 9.59 Å². The van der Waals surface area contributed by atoms with Crippen LogP contribution in [0.25, 0.3) is 11.1 Å². The van der Waals surface area contributed by atoms with E-state index in [1.807, 2.05) is 36.4 Å². The number of benzene rings is 3. The number of ether oxygens (including phenoxy) is 1. The summed E-state index contributed by atoms with van der Waals surface area (Å²) in [6, 6.07) is 18.5. The second kappa shape index (κ2) is 7.78. The Morgan fingerprint density at radius 1 is 0.931 bits per heavy atom. The van der Waals surface area contributed by atoms with E-state index in [1.165, 1.54) is 12.1 Å². The van der Waals surface area contributed by atoms with E-state index in [4.69, 9.17) is 33.0 Å². The van der Waals surface area contributed by atoms with Gasteiger partial charge in [-0.15, -0.1) is 0 Å². The number of carboxylic acids is 1. The molecule has 0 spiro atoms. The summed E-state index contributed by atoms with van der Waals surface area (Å²) in [5, 5.41) is 11.6. The average molecular weight is 428 g/mol. The SMILES string of the molecule is O=C(Nc1c(Cl)cc(C(=O)O)cc1Cl)OCC1c2ccccc2-c2ccccc21. The van der Waals surface area contributed by atoms with Gasteiger partial charge in [0.25, 0.3) is 0 Å². The van der Waals surface area contributed by atoms with Gasteiger partial charge in [-0.2, -0.15) is 0 Å². The first-order valence-electron chi connectivity index (χ1n) is 8.80. The minimum absolute atomic E-state index is 0.0170. The van der Waals surface area contributed by atoms with Crippen LogP contribution in [-0.4, -0.2) is 23.8 Å². The molecule has 0 aromatic heterocycles. The molecule has 3 aromatic rings. The van der Waals surface area contributed by atoms with Gasteiger partial charge in [-0.05, 0) is 34.4 Å². The fraction of sp³-hybridized carbons (Fsp3) is 0.0909. The van der Waals surface area contributed by atoms with Gasteiger partial charge >= 0.3 is 12.1 Å². The molecule has 3 aromatic carbocycles. The summed E-state index contributed by atoms with van der Waals surface area (Å²) in [6.45, 7) is 0.141. The molecule has 0 saturated carbocycles. The highest BCUT2D eigenvalue weighted by Crippen LogP contribution is 2.44. The van der Waals surface area contributed by atoms with Gasteiger partial charge in [0.1, 0.15) is 6.61 Å². The quantitative estimate of drug-likeness (QED) is 0.530. The van der Waals surface area contributed by atoms with Crippen LogP contribution >= 0.6 is 23.2 Å². The molecule has 0 heterocycles. The molecule has 2 N–H and O–H groups in total. The molecule has 146 valence electrons. The Balaban J connectivity index is 1.51. The van der Waals surface area contributed by atoms with Gasteiger partial charge in [0, 0.05) is 5.92 Å². The first-order valence-corrected chi connectivity index (χ1v) is 9.55. The highest BCUT2D eigenvalue weighted by atomic mass is 35.5. The van der Waals surface area contributed by atoms with Crippen LogP contribution in [0.4, 0.5) is 10.5 Å². The number of hydrogen-bond donors (Lipinski definition) is 2. The molecular formula is C22H15Cl2NO4. The number of anilines is 1. The van der Waals surface area contributed by atoms with Crippen molar-refractivity contribution < 1.29 is 19.4 Å². The lowest BCUT2D eigenvalue weighted by Gasteiger charge is -2.15. The van der Waals surface area contributed by atoms with E-state index < -0.39 is 12.1 Å². The van der Waals surface area contributed by atoms with Crippen LogP contribution in [0, 0.1) is 0 Å². The van der Waals surface area contributed by atoms with E-state index in [9.17, 15) is 9.59 Å². The second-order valence-electron chi connectivity index (χ2n) is 6.57. The van der Waals surface area contributed by atoms with Gasteiger partial charge in [0.2, 0.25) is 0 Å². The third-order valence-electron chi connectivity index (χ3n) is 4.86. The lowest BCUT2D eigenvalue weighted by atomic mass is 9.98. The van der Waals surface area contributed by atoms with Crippen molar-refractivity contribution in [1.29, 1.82) is 0 Å². The van der Waals surface area contributed by atoms with Gasteiger partial charge in [0.05, 0.1) is 21.3 Å². The fourth-order valence-corrected chi connectivity index (χ4v) is 4.13. The van der Waals surface area contributed by atoms with E-state index in [2.05, 4.69) is 17.4 Å². The lowest BCUT2D eigenvalue weighted by Crippen LogP contribution is -2.18. The molecule has 5 nitrogen and oxygen atoms in total. The van der Waals surface area contributed by atoms with Crippen LogP contribution in [-0.2, 0) is 4.74 Å². The standard InChI is InChI=1S/C22H15Cl2NO4/c23-18-9-12(21(26)27)10-19(24)20(18)25-22(28)29-11-17-15-7-3-1-5-13(15)14-6-2-4-8-16(14)17/h1-10,17H,11H2,(H,25,28)(H,26,27). The monoisotopic (exact) mass is 427 g/mol. The zero-order valence-electron chi connectivity index (χ0n) is 15.0. The van der Waals surface area contributed by atoms with Crippen molar-refractivity contribution in [3.8, 4) is 11.1 Å². The number of aromatic carboxylic acids is 1. The Labute approximate surface area is 176 Å². The van der Waals surface area contributed by atoms with E-state index >= 15 is 0 Å². The van der Waals surface area contributed by atoms with Crippen molar-refractivity contribution in [3.63, 3.8) is 0 Å². The molecule has 0 atom stereocenters. The van der Waals surface area contributed by atoms with E-state index in [1.54, 1.807) is 0 Å². The predicted molar refractivity (Wildman–Crippen MR) is 112 cm³/mol. The van der Waals surface area contributed by atoms with Gasteiger partial charge in [-0.1, -0.05) is 71.7 Å². The molecule has 29 heavy (non-hydrogen) atoms. The predicted octanol–water partition coefficient (Wildman–Crippen LogP) is 6.05. The van der Waals surface area contributed by atoms with E-state index in [0.29, 0.717) is 0 Å². The maximum Gasteiger partial charge on any atom is 0.411 e. The second-order valence-corrected chi connectivity index (χ2v) is 7.38. The van der Waals surface area contributed by atoms with Crippen molar-refractivity contribution in [3.05, 3.63) is 87.4 Å². The van der Waals surface area contributed by atoms with Crippen LogP contribution in [0.3, 0.4) is 0 Å². The molecule has 0 unspecified atom stereocenters. The van der Waals surface area contributed by atoms with E-state index in [0.717, 1.165) is 22.3 Å². The summed E-state index contributed by atoms with van der Waals surface area (Å²) < 4.78 is 5.45. The van der Waals surface area contributed by atoms with Crippen LogP contribution in [0.15, 0.2) is 60.7 Å². The molecule has 0 bridgehead atoms. The van der Waals surface area contributed by atoms with Crippen molar-refractivity contribution >= 4 is 41.0 Å². The molecule has 0 saturated heterocycles. The Morgan fingerprint density at radius 3 is 1.97 bits per heavy atom. The van der Waals surface area contributed by atoms with Crippen molar-refractivity contribution in [1.82, 2.24) is 0 Å². The molecule has 0 aliphatic heterocycles. The highest BCUT2D eigenvalue weighted by molar-refractivity contribution is 6.40. The minimum atomic E-state index is -1.17. The Hall–Kier alpha value is -3.02.